The summed E-state index contributed by atoms with van der Waals surface area (Å²) in [5, 5.41) is 0. The minimum absolute atomic E-state index is 0.222. The van der Waals surface area contributed by atoms with Gasteiger partial charge in [-0.3, -0.25) is 4.90 Å². The Balaban J connectivity index is 2.43. The molecule has 0 spiro atoms. The number of hydrogen-bond acceptors (Lipinski definition) is 3. The molecule has 1 aliphatic heterocycles. The normalized spacial score (nSPS) is 21.6. The van der Waals surface area contributed by atoms with E-state index in [9.17, 15) is 4.79 Å². The number of hydrogen-bond donors (Lipinski definition) is 0. The third-order valence-electron chi connectivity index (χ3n) is 3.10. The van der Waals surface area contributed by atoms with Crippen LogP contribution in [0.2, 0.25) is 0 Å². The zero-order chi connectivity index (χ0) is 13.1. The highest BCUT2D eigenvalue weighted by Crippen LogP contribution is 2.18. The van der Waals surface area contributed by atoms with Crippen molar-refractivity contribution >= 4 is 6.09 Å². The van der Waals surface area contributed by atoms with Gasteiger partial charge in [0.1, 0.15) is 5.60 Å². The lowest BCUT2D eigenvalue weighted by atomic mass is 10.2. The Hall–Kier alpha value is -0.770. The fourth-order valence-corrected chi connectivity index (χ4v) is 2.25. The van der Waals surface area contributed by atoms with Crippen LogP contribution in [-0.2, 0) is 4.74 Å². The molecule has 1 amide bonds. The average molecular weight is 242 g/mol. The van der Waals surface area contributed by atoms with Crippen LogP contribution in [0.25, 0.3) is 0 Å². The van der Waals surface area contributed by atoms with Crippen molar-refractivity contribution < 1.29 is 9.53 Å². The molecule has 1 unspecified atom stereocenters. The summed E-state index contributed by atoms with van der Waals surface area (Å²) >= 11 is 0. The van der Waals surface area contributed by atoms with Gasteiger partial charge in [0.05, 0.1) is 0 Å². The number of amides is 1. The highest BCUT2D eigenvalue weighted by Gasteiger charge is 2.27. The molecule has 0 aliphatic carbocycles. The average Bonchev–Trinajstić information content (AvgIpc) is 2.62. The summed E-state index contributed by atoms with van der Waals surface area (Å²) in [5.41, 5.74) is -0.411. The van der Waals surface area contributed by atoms with Crippen molar-refractivity contribution in [2.45, 2.75) is 52.2 Å². The van der Waals surface area contributed by atoms with Crippen LogP contribution in [0.3, 0.4) is 0 Å². The van der Waals surface area contributed by atoms with E-state index in [1.54, 1.807) is 4.90 Å². The molecule has 1 aliphatic rings. The highest BCUT2D eigenvalue weighted by atomic mass is 16.6. The van der Waals surface area contributed by atoms with Crippen LogP contribution < -0.4 is 0 Å². The lowest BCUT2D eigenvalue weighted by Crippen LogP contribution is -2.43. The van der Waals surface area contributed by atoms with Crippen LogP contribution in [0.1, 0.15) is 40.5 Å². The standard InChI is InChI=1S/C13H26N2O2/c1-6-15-9-7-8-11(15)10-14(5)12(16)17-13(2,3)4/h11H,6-10H2,1-5H3. The monoisotopic (exact) mass is 242 g/mol. The second kappa shape index (κ2) is 5.71. The van der Waals surface area contributed by atoms with Crippen LogP contribution in [-0.4, -0.2) is 54.2 Å². The minimum atomic E-state index is -0.411. The largest absolute Gasteiger partial charge is 0.444 e. The topological polar surface area (TPSA) is 32.8 Å². The smallest absolute Gasteiger partial charge is 0.410 e. The van der Waals surface area contributed by atoms with E-state index >= 15 is 0 Å². The van der Waals surface area contributed by atoms with Crippen LogP contribution in [0, 0.1) is 0 Å². The van der Waals surface area contributed by atoms with Crippen LogP contribution in [0.15, 0.2) is 0 Å². The van der Waals surface area contributed by atoms with E-state index in [4.69, 9.17) is 4.74 Å². The summed E-state index contributed by atoms with van der Waals surface area (Å²) in [7, 11) is 1.82. The maximum Gasteiger partial charge on any atom is 0.410 e. The number of nitrogens with zero attached hydrogens (tertiary/aromatic N) is 2. The fourth-order valence-electron chi connectivity index (χ4n) is 2.25. The number of rotatable bonds is 3. The van der Waals surface area contributed by atoms with Crippen LogP contribution in [0.4, 0.5) is 4.79 Å². The molecule has 1 fully saturated rings. The molecule has 4 nitrogen and oxygen atoms in total. The zero-order valence-electron chi connectivity index (χ0n) is 11.8. The number of carbonyl (C=O) groups is 1. The quantitative estimate of drug-likeness (QED) is 0.761. The van der Waals surface area contributed by atoms with E-state index in [-0.39, 0.29) is 6.09 Å². The highest BCUT2D eigenvalue weighted by molar-refractivity contribution is 5.67. The maximum atomic E-state index is 11.8. The fraction of sp³-hybridized carbons (Fsp3) is 0.923. The van der Waals surface area contributed by atoms with Gasteiger partial charge in [0, 0.05) is 19.6 Å². The summed E-state index contributed by atoms with van der Waals surface area (Å²) in [6, 6.07) is 0.498. The molecule has 0 N–H and O–H groups in total. The van der Waals surface area contributed by atoms with E-state index in [2.05, 4.69) is 11.8 Å². The number of likely N-dealkylation sites (tertiary alicyclic amines) is 1. The molecule has 1 rings (SSSR count). The van der Waals surface area contributed by atoms with Crippen LogP contribution >= 0.6 is 0 Å². The Kier molecular flexibility index (Phi) is 4.80. The van der Waals surface area contributed by atoms with E-state index in [0.29, 0.717) is 6.04 Å². The molecule has 0 saturated carbocycles. The summed E-state index contributed by atoms with van der Waals surface area (Å²) < 4.78 is 5.35. The predicted octanol–water partition coefficient (Wildman–Crippen LogP) is 2.34. The van der Waals surface area contributed by atoms with Gasteiger partial charge in [0.25, 0.3) is 0 Å². The summed E-state index contributed by atoms with van der Waals surface area (Å²) in [4.78, 5) is 16.0. The van der Waals surface area contributed by atoms with E-state index in [1.165, 1.54) is 12.8 Å². The first kappa shape index (κ1) is 14.3. The van der Waals surface area contributed by atoms with Gasteiger partial charge >= 0.3 is 6.09 Å². The first-order valence-electron chi connectivity index (χ1n) is 6.51. The van der Waals surface area contributed by atoms with Gasteiger partial charge in [0.2, 0.25) is 0 Å². The van der Waals surface area contributed by atoms with Crippen molar-refractivity contribution in [3.8, 4) is 0 Å². The van der Waals surface area contributed by atoms with Crippen molar-refractivity contribution in [3.05, 3.63) is 0 Å². The van der Waals surface area contributed by atoms with Crippen molar-refractivity contribution in [1.29, 1.82) is 0 Å². The van der Waals surface area contributed by atoms with Gasteiger partial charge in [-0.2, -0.15) is 0 Å². The molecular weight excluding hydrogens is 216 g/mol. The Morgan fingerprint density at radius 3 is 2.65 bits per heavy atom. The first-order valence-corrected chi connectivity index (χ1v) is 6.51. The first-order chi connectivity index (χ1) is 7.83. The molecule has 17 heavy (non-hydrogen) atoms. The van der Waals surface area contributed by atoms with E-state index < -0.39 is 5.60 Å². The molecule has 0 radical (unpaired) electrons. The molecule has 0 aromatic heterocycles. The number of ether oxygens (including phenoxy) is 1. The zero-order valence-corrected chi connectivity index (χ0v) is 11.8. The summed E-state index contributed by atoms with van der Waals surface area (Å²) in [6.07, 6.45) is 2.20. The van der Waals surface area contributed by atoms with Gasteiger partial charge in [-0.05, 0) is 46.7 Å². The van der Waals surface area contributed by atoms with Gasteiger partial charge in [-0.25, -0.2) is 4.79 Å². The van der Waals surface area contributed by atoms with Gasteiger partial charge < -0.3 is 9.64 Å². The second-order valence-electron chi connectivity index (χ2n) is 5.79. The SMILES string of the molecule is CCN1CCCC1CN(C)C(=O)OC(C)(C)C. The van der Waals surface area contributed by atoms with Gasteiger partial charge in [0.15, 0.2) is 0 Å². The van der Waals surface area contributed by atoms with Crippen LogP contribution in [0.5, 0.6) is 0 Å². The molecule has 4 heteroatoms. The Labute approximate surface area is 105 Å². The van der Waals surface area contributed by atoms with Crippen molar-refractivity contribution in [1.82, 2.24) is 9.80 Å². The number of likely N-dealkylation sites (N-methyl/N-ethyl adjacent to an activating group) is 2. The maximum absolute atomic E-state index is 11.8. The third-order valence-corrected chi connectivity index (χ3v) is 3.10. The molecule has 1 heterocycles. The predicted molar refractivity (Wildman–Crippen MR) is 69.1 cm³/mol. The molecule has 1 atom stereocenters. The molecular formula is C13H26N2O2. The lowest BCUT2D eigenvalue weighted by molar-refractivity contribution is 0.0260. The Bertz CT molecular complexity index is 261. The van der Waals surface area contributed by atoms with E-state index in [1.807, 2.05) is 27.8 Å². The Morgan fingerprint density at radius 1 is 1.47 bits per heavy atom. The van der Waals surface area contributed by atoms with Gasteiger partial charge in [-0.15, -0.1) is 0 Å². The summed E-state index contributed by atoms with van der Waals surface area (Å²) in [6.45, 7) is 10.8. The van der Waals surface area contributed by atoms with E-state index in [0.717, 1.165) is 19.6 Å². The molecule has 1 saturated heterocycles. The Morgan fingerprint density at radius 2 is 2.12 bits per heavy atom. The number of carbonyl (C=O) groups excluding carboxylic acids is 1. The summed E-state index contributed by atoms with van der Waals surface area (Å²) in [5.74, 6) is 0. The molecule has 0 aromatic carbocycles. The van der Waals surface area contributed by atoms with Gasteiger partial charge in [-0.1, -0.05) is 6.92 Å². The van der Waals surface area contributed by atoms with Crippen molar-refractivity contribution in [2.24, 2.45) is 0 Å². The molecule has 100 valence electrons. The van der Waals surface area contributed by atoms with Crippen molar-refractivity contribution in [3.63, 3.8) is 0 Å². The third kappa shape index (κ3) is 4.54. The molecule has 0 bridgehead atoms. The second-order valence-corrected chi connectivity index (χ2v) is 5.79. The molecule has 0 aromatic rings. The van der Waals surface area contributed by atoms with Crippen molar-refractivity contribution in [2.75, 3.05) is 26.7 Å². The lowest BCUT2D eigenvalue weighted by Gasteiger charge is -2.29. The minimum Gasteiger partial charge on any atom is -0.444 e.